The fourth-order valence-corrected chi connectivity index (χ4v) is 21.2. The number of nitrogens with zero attached hydrogens (tertiary/aromatic N) is 6. The van der Waals surface area contributed by atoms with Gasteiger partial charge in [-0.05, 0) is 250 Å². The summed E-state index contributed by atoms with van der Waals surface area (Å²) in [6.07, 6.45) is 0. The van der Waals surface area contributed by atoms with Crippen molar-refractivity contribution in [1.82, 2.24) is 22.8 Å². The second kappa shape index (κ2) is 30.8. The smallest absolute Gasteiger partial charge is 0.143 e. The van der Waals surface area contributed by atoms with E-state index in [-0.39, 0.29) is 22.2 Å². The number of hydrogen-bond donors (Lipinski definition) is 0. The van der Waals surface area contributed by atoms with Gasteiger partial charge < -0.3 is 32.2 Å². The second-order valence-corrected chi connectivity index (χ2v) is 38.5. The number of benzene rings is 17. The average Bonchev–Trinajstić information content (AvgIpc) is 1.59. The standard InChI is InChI=1S/C34H28N2.C28H26N2.C28H23NO.C28H23NS/c1-34(2,3)36-32-16-10-8-13-26(32)28-19-17-24(22-33(28)36)23-18-20-31-29(21-23)27-14-7-9-15-30(27)35(31)25-11-5-4-6-12-25;1-28(2,3)30-26-17-11-10-16-24(26)25-20-23(18-19-27(25)30)29(21-12-6-4-7-13-21)22-14-8-5-9-15-22;2*1-28(2,3)29-24-13-6-4-9-20(24)23-17-18(15-16-25(23)29)19-11-8-12-22-21-10-5-7-14-26(21)30-27(19)22/h4-22H,1-3H3;4-20H,1-3H3;2*4-17H,1-3H3. The highest BCUT2D eigenvalue weighted by atomic mass is 32.1. The van der Waals surface area contributed by atoms with E-state index in [4.69, 9.17) is 4.42 Å². The van der Waals surface area contributed by atoms with Crippen molar-refractivity contribution in [2.75, 3.05) is 4.90 Å². The van der Waals surface area contributed by atoms with Crippen LogP contribution in [0.25, 0.3) is 190 Å². The second-order valence-electron chi connectivity index (χ2n) is 37.5. The van der Waals surface area contributed by atoms with Crippen molar-refractivity contribution in [2.45, 2.75) is 105 Å². The van der Waals surface area contributed by atoms with Crippen LogP contribution in [0, 0.1) is 0 Å². The third-order valence-electron chi connectivity index (χ3n) is 25.1. The molecule has 0 aliphatic heterocycles. The molecule has 24 aromatic rings. The number of fused-ring (bicyclic) bond motifs is 21. The lowest BCUT2D eigenvalue weighted by molar-refractivity contribution is 0.423. The van der Waals surface area contributed by atoms with Gasteiger partial charge in [0.15, 0.2) is 0 Å². The van der Waals surface area contributed by atoms with Crippen molar-refractivity contribution < 1.29 is 4.42 Å². The van der Waals surface area contributed by atoms with Gasteiger partial charge >= 0.3 is 0 Å². The van der Waals surface area contributed by atoms with Crippen molar-refractivity contribution in [3.8, 4) is 39.1 Å². The Morgan fingerprint density at radius 1 is 0.222 bits per heavy atom. The minimum Gasteiger partial charge on any atom is -0.455 e. The fraction of sp³-hybridized carbons (Fsp3) is 0.136. The Morgan fingerprint density at radius 2 is 0.563 bits per heavy atom. The monoisotopic (exact) mass is 1650 g/mol. The molecule has 0 atom stereocenters. The Bertz CT molecular complexity index is 8040. The molecule has 7 nitrogen and oxygen atoms in total. The van der Waals surface area contributed by atoms with Gasteiger partial charge in [-0.1, -0.05) is 249 Å². The normalized spacial score (nSPS) is 12.3. The van der Waals surface area contributed by atoms with Gasteiger partial charge in [0, 0.05) is 174 Å². The summed E-state index contributed by atoms with van der Waals surface area (Å²) in [6, 6.07) is 140. The Balaban J connectivity index is 0.000000103. The number of anilines is 3. The molecular formula is C118H100N6OS. The minimum absolute atomic E-state index is 0.00141. The maximum Gasteiger partial charge on any atom is 0.143 e. The number of rotatable bonds is 7. The quantitative estimate of drug-likeness (QED) is 0.160. The topological polar surface area (TPSA) is 41.0 Å². The molecule has 0 fully saturated rings. The summed E-state index contributed by atoms with van der Waals surface area (Å²) in [5.74, 6) is 0. The van der Waals surface area contributed by atoms with Gasteiger partial charge in [0.1, 0.15) is 11.2 Å². The summed E-state index contributed by atoms with van der Waals surface area (Å²) in [7, 11) is 0. The summed E-state index contributed by atoms with van der Waals surface area (Å²) in [4.78, 5) is 2.32. The molecule has 0 unspecified atom stereocenters. The van der Waals surface area contributed by atoms with E-state index in [1.165, 1.54) is 173 Å². The van der Waals surface area contributed by atoms with Gasteiger partial charge in [-0.2, -0.15) is 0 Å². The molecule has 614 valence electrons. The molecule has 17 aromatic carbocycles. The SMILES string of the molecule is CC(C)(C)n1c2ccccc2c2cc(-c3cccc4c3oc3ccccc34)ccc21.CC(C)(C)n1c2ccccc2c2cc(-c3cccc4c3sc3ccccc34)ccc21.CC(C)(C)n1c2ccccc2c2cc(N(c3ccccc3)c3ccccc3)ccc21.CC(C)(C)n1c2ccccc2c2ccc(-c3ccc4c(c3)c3ccccc3n4-c3ccccc3)cc21. The number of furan rings is 1. The summed E-state index contributed by atoms with van der Waals surface area (Å²) in [5.41, 5.74) is 26.7. The zero-order valence-corrected chi connectivity index (χ0v) is 74.3. The fourth-order valence-electron chi connectivity index (χ4n) is 20.0. The van der Waals surface area contributed by atoms with Gasteiger partial charge in [0.2, 0.25) is 0 Å². The maximum atomic E-state index is 6.29. The molecule has 0 saturated heterocycles. The Kier molecular flexibility index (Phi) is 19.3. The summed E-state index contributed by atoms with van der Waals surface area (Å²) >= 11 is 1.90. The first-order valence-electron chi connectivity index (χ1n) is 44.0. The van der Waals surface area contributed by atoms with Crippen LogP contribution in [-0.2, 0) is 22.2 Å². The highest BCUT2D eigenvalue weighted by Gasteiger charge is 2.28. The van der Waals surface area contributed by atoms with Crippen molar-refractivity contribution in [1.29, 1.82) is 0 Å². The molecule has 0 amide bonds. The molecule has 7 heterocycles. The van der Waals surface area contributed by atoms with Crippen LogP contribution in [-0.4, -0.2) is 22.8 Å². The summed E-state index contributed by atoms with van der Waals surface area (Å²) in [5, 5.41) is 18.0. The molecule has 0 bridgehead atoms. The maximum absolute atomic E-state index is 6.29. The minimum atomic E-state index is -0.0208. The molecule has 0 aliphatic rings. The summed E-state index contributed by atoms with van der Waals surface area (Å²) in [6.45, 7) is 27.3. The third-order valence-corrected chi connectivity index (χ3v) is 26.3. The molecular weight excluding hydrogens is 1550 g/mol. The van der Waals surface area contributed by atoms with Crippen LogP contribution in [0.3, 0.4) is 0 Å². The number of para-hydroxylation sites is 10. The highest BCUT2D eigenvalue weighted by Crippen LogP contribution is 2.47. The Labute approximate surface area is 739 Å². The molecule has 0 N–H and O–H groups in total. The van der Waals surface area contributed by atoms with Gasteiger partial charge in [-0.15, -0.1) is 11.3 Å². The van der Waals surface area contributed by atoms with Crippen LogP contribution in [0.2, 0.25) is 0 Å². The first kappa shape index (κ1) is 78.8. The predicted octanol–water partition coefficient (Wildman–Crippen LogP) is 34.0. The molecule has 0 radical (unpaired) electrons. The van der Waals surface area contributed by atoms with Gasteiger partial charge in [-0.25, -0.2) is 0 Å². The molecule has 7 aromatic heterocycles. The van der Waals surface area contributed by atoms with Crippen molar-refractivity contribution in [2.24, 2.45) is 0 Å². The Morgan fingerprint density at radius 3 is 1.10 bits per heavy atom. The lowest BCUT2D eigenvalue weighted by Crippen LogP contribution is -2.21. The molecule has 24 rings (SSSR count). The predicted molar refractivity (Wildman–Crippen MR) is 543 cm³/mol. The van der Waals surface area contributed by atoms with E-state index in [0.29, 0.717) is 0 Å². The largest absolute Gasteiger partial charge is 0.455 e. The number of hydrogen-bond acceptors (Lipinski definition) is 3. The van der Waals surface area contributed by atoms with Crippen molar-refractivity contribution in [3.05, 3.63) is 388 Å². The van der Waals surface area contributed by atoms with Gasteiger partial charge in [0.05, 0.1) is 16.6 Å². The van der Waals surface area contributed by atoms with E-state index >= 15 is 0 Å². The number of thiophene rings is 1. The zero-order valence-electron chi connectivity index (χ0n) is 73.5. The van der Waals surface area contributed by atoms with Crippen molar-refractivity contribution >= 4 is 180 Å². The first-order chi connectivity index (χ1) is 61.1. The molecule has 0 saturated carbocycles. The van der Waals surface area contributed by atoms with E-state index in [0.717, 1.165) is 33.8 Å². The van der Waals surface area contributed by atoms with Gasteiger partial charge in [0.25, 0.3) is 0 Å². The van der Waals surface area contributed by atoms with Crippen LogP contribution in [0.5, 0.6) is 0 Å². The molecule has 0 spiro atoms. The molecule has 8 heteroatoms. The molecule has 0 aliphatic carbocycles. The average molecular weight is 1650 g/mol. The number of aromatic nitrogens is 5. The van der Waals surface area contributed by atoms with Crippen LogP contribution in [0.1, 0.15) is 83.1 Å². The highest BCUT2D eigenvalue weighted by molar-refractivity contribution is 7.26. The molecule has 126 heavy (non-hydrogen) atoms. The Hall–Kier alpha value is -14.4. The third kappa shape index (κ3) is 13.6. The lowest BCUT2D eigenvalue weighted by Gasteiger charge is -2.26. The van der Waals surface area contributed by atoms with Gasteiger partial charge in [-0.3, -0.25) is 0 Å². The summed E-state index contributed by atoms with van der Waals surface area (Å²) < 4.78 is 21.3. The van der Waals surface area contributed by atoms with E-state index in [2.05, 4.69) is 487 Å². The van der Waals surface area contributed by atoms with Crippen molar-refractivity contribution in [3.63, 3.8) is 0 Å². The first-order valence-corrected chi connectivity index (χ1v) is 44.9. The van der Waals surface area contributed by atoms with E-state index < -0.39 is 0 Å². The van der Waals surface area contributed by atoms with E-state index in [1.54, 1.807) is 0 Å². The zero-order chi connectivity index (χ0) is 86.1. The van der Waals surface area contributed by atoms with Crippen LogP contribution in [0.4, 0.5) is 17.1 Å². The van der Waals surface area contributed by atoms with E-state index in [1.807, 2.05) is 23.5 Å². The van der Waals surface area contributed by atoms with Crippen LogP contribution < -0.4 is 4.90 Å². The van der Waals surface area contributed by atoms with Crippen LogP contribution >= 0.6 is 11.3 Å². The van der Waals surface area contributed by atoms with E-state index in [9.17, 15) is 0 Å². The lowest BCUT2D eigenvalue weighted by atomic mass is 10.00. The van der Waals surface area contributed by atoms with Crippen LogP contribution in [0.15, 0.2) is 393 Å².